The molecule has 0 bridgehead atoms. The number of ether oxygens (including phenoxy) is 1. The van der Waals surface area contributed by atoms with E-state index in [0.717, 1.165) is 24.2 Å². The molecule has 7 nitrogen and oxygen atoms in total. The molecule has 1 aromatic rings. The van der Waals surface area contributed by atoms with Crippen molar-refractivity contribution >= 4 is 23.7 Å². The number of benzene rings is 1. The molecule has 29 heavy (non-hydrogen) atoms. The van der Waals surface area contributed by atoms with E-state index in [1.807, 2.05) is 20.8 Å². The Bertz CT molecular complexity index is 784. The SMILES string of the molecule is CC(C)C[C@H](C(=O)OCC(=O)N1CCCC[C@H]1C)N1C(=O)c2ccccc2C1=O. The topological polar surface area (TPSA) is 84.0 Å². The molecule has 0 unspecified atom stereocenters. The summed E-state index contributed by atoms with van der Waals surface area (Å²) in [6, 6.07) is 5.60. The summed E-state index contributed by atoms with van der Waals surface area (Å²) in [4.78, 5) is 53.6. The standard InChI is InChI=1S/C22H28N2O5/c1-14(2)12-18(24-20(26)16-9-4-5-10-17(16)21(24)27)22(28)29-13-19(25)23-11-7-6-8-15(23)3/h4-5,9-10,14-15,18H,6-8,11-13H2,1-3H3/t15-,18-/m1/s1. The number of carbonyl (C=O) groups is 4. The number of hydrogen-bond acceptors (Lipinski definition) is 5. The van der Waals surface area contributed by atoms with E-state index in [0.29, 0.717) is 6.54 Å². The molecule has 2 aliphatic rings. The number of piperidine rings is 1. The van der Waals surface area contributed by atoms with Gasteiger partial charge in [-0.05, 0) is 50.7 Å². The molecule has 2 aliphatic heterocycles. The molecule has 0 aliphatic carbocycles. The molecule has 3 rings (SSSR count). The summed E-state index contributed by atoms with van der Waals surface area (Å²) in [5.74, 6) is -1.90. The molecule has 0 aromatic heterocycles. The maximum Gasteiger partial charge on any atom is 0.329 e. The first-order valence-corrected chi connectivity index (χ1v) is 10.2. The maximum atomic E-state index is 12.8. The molecule has 7 heteroatoms. The number of likely N-dealkylation sites (tertiary alicyclic amines) is 1. The van der Waals surface area contributed by atoms with Gasteiger partial charge >= 0.3 is 5.97 Å². The summed E-state index contributed by atoms with van der Waals surface area (Å²) in [7, 11) is 0. The highest BCUT2D eigenvalue weighted by atomic mass is 16.5. The minimum Gasteiger partial charge on any atom is -0.454 e. The lowest BCUT2D eigenvalue weighted by atomic mass is 10.0. The van der Waals surface area contributed by atoms with E-state index in [1.165, 1.54) is 0 Å². The molecule has 1 aromatic carbocycles. The van der Waals surface area contributed by atoms with Crippen molar-refractivity contribution in [2.24, 2.45) is 5.92 Å². The van der Waals surface area contributed by atoms with Gasteiger partial charge in [-0.1, -0.05) is 26.0 Å². The lowest BCUT2D eigenvalue weighted by Crippen LogP contribution is -2.48. The minimum atomic E-state index is -1.05. The Morgan fingerprint density at radius 1 is 1.10 bits per heavy atom. The Labute approximate surface area is 171 Å². The number of carbonyl (C=O) groups excluding carboxylic acids is 4. The zero-order valence-corrected chi connectivity index (χ0v) is 17.2. The van der Waals surface area contributed by atoms with Crippen LogP contribution in [0.1, 0.15) is 67.2 Å². The van der Waals surface area contributed by atoms with E-state index in [2.05, 4.69) is 0 Å². The summed E-state index contributed by atoms with van der Waals surface area (Å²) in [6.07, 6.45) is 3.24. The number of esters is 1. The number of hydrogen-bond donors (Lipinski definition) is 0. The van der Waals surface area contributed by atoms with Crippen LogP contribution in [0.15, 0.2) is 24.3 Å². The molecule has 2 atom stereocenters. The van der Waals surface area contributed by atoms with Crippen molar-refractivity contribution in [3.05, 3.63) is 35.4 Å². The average molecular weight is 400 g/mol. The fourth-order valence-electron chi connectivity index (χ4n) is 4.03. The summed E-state index contributed by atoms with van der Waals surface area (Å²) in [5.41, 5.74) is 0.578. The molecule has 2 heterocycles. The molecule has 0 radical (unpaired) electrons. The number of nitrogens with zero attached hydrogens (tertiary/aromatic N) is 2. The van der Waals surface area contributed by atoms with Gasteiger partial charge in [-0.25, -0.2) is 4.79 Å². The van der Waals surface area contributed by atoms with Crippen molar-refractivity contribution in [3.63, 3.8) is 0 Å². The molecule has 0 spiro atoms. The highest BCUT2D eigenvalue weighted by molar-refractivity contribution is 6.22. The van der Waals surface area contributed by atoms with E-state index in [-0.39, 0.29) is 42.0 Å². The Kier molecular flexibility index (Phi) is 6.35. The third-order valence-electron chi connectivity index (χ3n) is 5.57. The second-order valence-electron chi connectivity index (χ2n) is 8.21. The van der Waals surface area contributed by atoms with Crippen LogP contribution in [0.3, 0.4) is 0 Å². The maximum absolute atomic E-state index is 12.8. The van der Waals surface area contributed by atoms with Crippen molar-refractivity contribution < 1.29 is 23.9 Å². The highest BCUT2D eigenvalue weighted by Crippen LogP contribution is 2.27. The van der Waals surface area contributed by atoms with E-state index >= 15 is 0 Å². The van der Waals surface area contributed by atoms with Crippen LogP contribution in [0, 0.1) is 5.92 Å². The molecule has 0 N–H and O–H groups in total. The van der Waals surface area contributed by atoms with Gasteiger partial charge in [0.2, 0.25) is 0 Å². The van der Waals surface area contributed by atoms with Gasteiger partial charge in [0.1, 0.15) is 6.04 Å². The molecule has 0 saturated carbocycles. The lowest BCUT2D eigenvalue weighted by Gasteiger charge is -2.33. The van der Waals surface area contributed by atoms with Crippen molar-refractivity contribution in [2.45, 2.75) is 58.5 Å². The van der Waals surface area contributed by atoms with E-state index in [4.69, 9.17) is 4.74 Å². The Balaban J connectivity index is 1.72. The predicted molar refractivity (Wildman–Crippen MR) is 106 cm³/mol. The molecule has 3 amide bonds. The zero-order chi connectivity index (χ0) is 21.1. The summed E-state index contributed by atoms with van der Waals surface area (Å²) in [6.45, 7) is 6.07. The minimum absolute atomic E-state index is 0.0506. The monoisotopic (exact) mass is 400 g/mol. The molecule has 156 valence electrons. The van der Waals surface area contributed by atoms with E-state index in [1.54, 1.807) is 29.2 Å². The third-order valence-corrected chi connectivity index (χ3v) is 5.57. The normalized spacial score (nSPS) is 20.1. The summed E-state index contributed by atoms with van der Waals surface area (Å²) in [5, 5.41) is 0. The van der Waals surface area contributed by atoms with Crippen LogP contribution >= 0.6 is 0 Å². The number of amides is 3. The summed E-state index contributed by atoms with van der Waals surface area (Å²) >= 11 is 0. The Hall–Kier alpha value is -2.70. The van der Waals surface area contributed by atoms with Crippen molar-refractivity contribution in [1.29, 1.82) is 0 Å². The number of imide groups is 1. The fourth-order valence-corrected chi connectivity index (χ4v) is 4.03. The van der Waals surface area contributed by atoms with Gasteiger partial charge in [-0.2, -0.15) is 0 Å². The fraction of sp³-hybridized carbons (Fsp3) is 0.545. The van der Waals surface area contributed by atoms with E-state index in [9.17, 15) is 19.2 Å². The predicted octanol–water partition coefficient (Wildman–Crippen LogP) is 2.64. The Morgan fingerprint density at radius 2 is 1.72 bits per heavy atom. The van der Waals surface area contributed by atoms with Crippen molar-refractivity contribution in [1.82, 2.24) is 9.80 Å². The smallest absolute Gasteiger partial charge is 0.329 e. The van der Waals surface area contributed by atoms with Crippen molar-refractivity contribution in [3.8, 4) is 0 Å². The lowest BCUT2D eigenvalue weighted by molar-refractivity contribution is -0.156. The number of rotatable bonds is 6. The summed E-state index contributed by atoms with van der Waals surface area (Å²) < 4.78 is 5.30. The molecular weight excluding hydrogens is 372 g/mol. The van der Waals surface area contributed by atoms with Crippen LogP contribution in [0.4, 0.5) is 0 Å². The van der Waals surface area contributed by atoms with Gasteiger partial charge in [-0.15, -0.1) is 0 Å². The van der Waals surface area contributed by atoms with Gasteiger partial charge in [0.25, 0.3) is 17.7 Å². The van der Waals surface area contributed by atoms with Crippen LogP contribution in [0.2, 0.25) is 0 Å². The highest BCUT2D eigenvalue weighted by Gasteiger charge is 2.43. The van der Waals surface area contributed by atoms with Gasteiger partial charge < -0.3 is 9.64 Å². The molecular formula is C22H28N2O5. The van der Waals surface area contributed by atoms with Crippen LogP contribution in [-0.4, -0.2) is 58.7 Å². The van der Waals surface area contributed by atoms with E-state index < -0.39 is 23.8 Å². The van der Waals surface area contributed by atoms with Gasteiger partial charge in [0, 0.05) is 12.6 Å². The Morgan fingerprint density at radius 3 is 2.28 bits per heavy atom. The molecule has 1 saturated heterocycles. The van der Waals surface area contributed by atoms with Crippen LogP contribution in [-0.2, 0) is 14.3 Å². The van der Waals surface area contributed by atoms with Crippen molar-refractivity contribution in [2.75, 3.05) is 13.2 Å². The zero-order valence-electron chi connectivity index (χ0n) is 17.2. The van der Waals surface area contributed by atoms with Crippen LogP contribution in [0.5, 0.6) is 0 Å². The first-order chi connectivity index (χ1) is 13.8. The molecule has 1 fully saturated rings. The quantitative estimate of drug-likeness (QED) is 0.541. The van der Waals surface area contributed by atoms with Crippen LogP contribution in [0.25, 0.3) is 0 Å². The largest absolute Gasteiger partial charge is 0.454 e. The van der Waals surface area contributed by atoms with Gasteiger partial charge in [-0.3, -0.25) is 19.3 Å². The van der Waals surface area contributed by atoms with Gasteiger partial charge in [0.05, 0.1) is 11.1 Å². The second kappa shape index (κ2) is 8.76. The first-order valence-electron chi connectivity index (χ1n) is 10.2. The second-order valence-corrected chi connectivity index (χ2v) is 8.21. The number of fused-ring (bicyclic) bond motifs is 1. The first kappa shape index (κ1) is 21.0. The van der Waals surface area contributed by atoms with Crippen LogP contribution < -0.4 is 0 Å². The third kappa shape index (κ3) is 4.33. The average Bonchev–Trinajstić information content (AvgIpc) is 2.95. The van der Waals surface area contributed by atoms with Gasteiger partial charge in [0.15, 0.2) is 6.61 Å².